The van der Waals surface area contributed by atoms with Gasteiger partial charge in [0.25, 0.3) is 23.3 Å². The number of amides is 5. The third kappa shape index (κ3) is 6.08. The molecule has 0 radical (unpaired) electrons. The van der Waals surface area contributed by atoms with Crippen LogP contribution in [-0.4, -0.2) is 123 Å². The number of Topliss-reactive ketones (excluding diaryl/α,β-unsaturated/α-hetero) is 1. The number of nitrogens with zero attached hydrogens (tertiary/aromatic N) is 1. The second-order valence-electron chi connectivity index (χ2n) is 13.4. The molecule has 4 unspecified atom stereocenters. The van der Waals surface area contributed by atoms with Gasteiger partial charge in [-0.25, -0.2) is 4.79 Å². The highest BCUT2D eigenvalue weighted by Gasteiger charge is 2.90. The highest BCUT2D eigenvalue weighted by atomic mass is 16.7. The summed E-state index contributed by atoms with van der Waals surface area (Å²) in [7, 11) is 0. The fourth-order valence-corrected chi connectivity index (χ4v) is 5.09. The molecule has 1 aliphatic heterocycles. The van der Waals surface area contributed by atoms with Crippen molar-refractivity contribution in [3.63, 3.8) is 0 Å². The Hall–Kier alpha value is -2.93. The Balaban J connectivity index is 2.38. The molecular formula is C25H43N5O12. The second-order valence-corrected chi connectivity index (χ2v) is 13.4. The molecule has 0 aromatic rings. The van der Waals surface area contributed by atoms with E-state index in [0.29, 0.717) is 0 Å². The summed E-state index contributed by atoms with van der Waals surface area (Å²) in [6, 6.07) is -5.30. The minimum Gasteiger partial charge on any atom is -0.379 e. The van der Waals surface area contributed by atoms with Crippen LogP contribution < -0.4 is 21.7 Å². The third-order valence-corrected chi connectivity index (χ3v) is 7.47. The highest BCUT2D eigenvalue weighted by Crippen LogP contribution is 2.56. The number of primary amides is 1. The molecule has 1 saturated heterocycles. The van der Waals surface area contributed by atoms with E-state index < -0.39 is 88.0 Å². The average Bonchev–Trinajstić information content (AvgIpc) is 3.20. The largest absolute Gasteiger partial charge is 0.379 e. The van der Waals surface area contributed by atoms with Gasteiger partial charge in [-0.1, -0.05) is 27.7 Å². The summed E-state index contributed by atoms with van der Waals surface area (Å²) >= 11 is 0. The number of aliphatic hydroxyl groups is 7. The van der Waals surface area contributed by atoms with Crippen LogP contribution in [0.15, 0.2) is 0 Å². The van der Waals surface area contributed by atoms with E-state index in [1.165, 1.54) is 0 Å². The van der Waals surface area contributed by atoms with Crippen molar-refractivity contribution >= 4 is 29.5 Å². The van der Waals surface area contributed by atoms with Gasteiger partial charge >= 0.3 is 6.03 Å². The van der Waals surface area contributed by atoms with Crippen molar-refractivity contribution in [3.05, 3.63) is 0 Å². The fraction of sp³-hybridized carbons (Fsp3) is 0.800. The predicted octanol–water partition coefficient (Wildman–Crippen LogP) is -4.55. The lowest BCUT2D eigenvalue weighted by Gasteiger charge is -2.64. The van der Waals surface area contributed by atoms with Gasteiger partial charge in [-0.15, -0.1) is 0 Å². The van der Waals surface area contributed by atoms with Crippen LogP contribution in [0.4, 0.5) is 4.79 Å². The van der Waals surface area contributed by atoms with Gasteiger partial charge in [0.1, 0.15) is 18.1 Å². The molecule has 1 heterocycles. The van der Waals surface area contributed by atoms with Gasteiger partial charge in [-0.05, 0) is 38.5 Å². The number of urea groups is 1. The maximum absolute atomic E-state index is 13.7. The van der Waals surface area contributed by atoms with E-state index in [4.69, 9.17) is 5.73 Å². The first-order chi connectivity index (χ1) is 18.6. The van der Waals surface area contributed by atoms with E-state index in [-0.39, 0.29) is 18.9 Å². The van der Waals surface area contributed by atoms with Gasteiger partial charge in [-0.3, -0.25) is 19.2 Å². The molecule has 0 aromatic heterocycles. The molecular weight excluding hydrogens is 562 g/mol. The molecule has 12 N–H and O–H groups in total. The quantitative estimate of drug-likeness (QED) is 0.0921. The Morgan fingerprint density at radius 3 is 1.81 bits per heavy atom. The van der Waals surface area contributed by atoms with Gasteiger partial charge in [0, 0.05) is 18.5 Å². The van der Waals surface area contributed by atoms with Crippen LogP contribution in [0.2, 0.25) is 0 Å². The SMILES string of the molecule is CC1CC(C(=O)NC(CC2(O)C(O)(O)C(O)(O)C2(O)O)C(=O)C(N)=O)N(C(=O)C(NC(=O)NC(C)(C)C)C(C)(C)C)C1. The number of carbonyl (C=O) groups is 5. The van der Waals surface area contributed by atoms with Crippen LogP contribution in [0.3, 0.4) is 0 Å². The minimum atomic E-state index is -4.10. The van der Waals surface area contributed by atoms with Crippen molar-refractivity contribution in [3.8, 4) is 0 Å². The summed E-state index contributed by atoms with van der Waals surface area (Å²) < 4.78 is 0. The zero-order chi connectivity index (χ0) is 33.0. The molecule has 2 fully saturated rings. The highest BCUT2D eigenvalue weighted by molar-refractivity contribution is 6.37. The lowest BCUT2D eigenvalue weighted by molar-refractivity contribution is -0.597. The number of hydrogen-bond donors (Lipinski definition) is 11. The van der Waals surface area contributed by atoms with Crippen molar-refractivity contribution in [2.24, 2.45) is 17.1 Å². The van der Waals surface area contributed by atoms with E-state index in [1.54, 1.807) is 48.5 Å². The van der Waals surface area contributed by atoms with Crippen LogP contribution in [0, 0.1) is 11.3 Å². The van der Waals surface area contributed by atoms with E-state index in [9.17, 15) is 59.7 Å². The summed E-state index contributed by atoms with van der Waals surface area (Å²) in [6.45, 7) is 12.1. The number of rotatable bonds is 8. The zero-order valence-electron chi connectivity index (χ0n) is 24.6. The number of hydrogen-bond acceptors (Lipinski definition) is 12. The molecule has 0 spiro atoms. The van der Waals surface area contributed by atoms with E-state index in [0.717, 1.165) is 4.90 Å². The number of nitrogens with two attached hydrogens (primary N) is 1. The molecule has 42 heavy (non-hydrogen) atoms. The van der Waals surface area contributed by atoms with E-state index in [2.05, 4.69) is 16.0 Å². The lowest BCUT2D eigenvalue weighted by atomic mass is 9.59. The summed E-state index contributed by atoms with van der Waals surface area (Å²) in [5, 5.41) is 77.2. The Morgan fingerprint density at radius 2 is 1.38 bits per heavy atom. The molecule has 5 amide bonds. The van der Waals surface area contributed by atoms with Gasteiger partial charge < -0.3 is 62.3 Å². The first-order valence-corrected chi connectivity index (χ1v) is 13.2. The lowest BCUT2D eigenvalue weighted by Crippen LogP contribution is -2.96. The molecule has 17 nitrogen and oxygen atoms in total. The first kappa shape index (κ1) is 35.3. The fourth-order valence-electron chi connectivity index (χ4n) is 5.09. The zero-order valence-corrected chi connectivity index (χ0v) is 24.6. The number of ketones is 1. The smallest absolute Gasteiger partial charge is 0.315 e. The predicted molar refractivity (Wildman–Crippen MR) is 141 cm³/mol. The van der Waals surface area contributed by atoms with Crippen LogP contribution in [0.1, 0.15) is 61.3 Å². The van der Waals surface area contributed by atoms with Gasteiger partial charge in [0.05, 0.1) is 0 Å². The van der Waals surface area contributed by atoms with Crippen LogP contribution in [-0.2, 0) is 19.2 Å². The number of likely N-dealkylation sites (tertiary alicyclic amines) is 1. The first-order valence-electron chi connectivity index (χ1n) is 13.2. The topological polar surface area (TPSA) is 292 Å². The Bertz CT molecular complexity index is 1110. The molecule has 0 bridgehead atoms. The van der Waals surface area contributed by atoms with E-state index >= 15 is 0 Å². The summed E-state index contributed by atoms with van der Waals surface area (Å²) in [6.07, 6.45) is -1.48. The summed E-state index contributed by atoms with van der Waals surface area (Å²) in [4.78, 5) is 65.2. The van der Waals surface area contributed by atoms with Crippen molar-refractivity contribution < 1.29 is 59.7 Å². The molecule has 240 valence electrons. The van der Waals surface area contributed by atoms with Gasteiger partial charge in [0.15, 0.2) is 5.60 Å². The maximum Gasteiger partial charge on any atom is 0.315 e. The minimum absolute atomic E-state index is 0.0502. The molecule has 4 atom stereocenters. The standard InChI is InChI=1S/C25H43N5O12/c1-11-8-13(30(10-11)18(34)15(20(2,3)4)28-19(35)29-21(5,6)7)17(33)27-12(14(31)16(26)32)9-22(36)23(37,38)25(41,42)24(22,39)40/h11-13,15,36-42H,8-10H2,1-7H3,(H2,26,32)(H,27,33)(H2,28,29,35). The van der Waals surface area contributed by atoms with E-state index in [1.807, 2.05) is 0 Å². The average molecular weight is 606 g/mol. The van der Waals surface area contributed by atoms with Crippen molar-refractivity contribution in [1.82, 2.24) is 20.9 Å². The Kier molecular flexibility index (Phi) is 9.21. The molecule has 1 aliphatic carbocycles. The molecule has 1 saturated carbocycles. The normalized spacial score (nSPS) is 25.4. The van der Waals surface area contributed by atoms with Gasteiger partial charge in [-0.2, -0.15) is 0 Å². The van der Waals surface area contributed by atoms with Crippen LogP contribution in [0.5, 0.6) is 0 Å². The number of carbonyl (C=O) groups excluding carboxylic acids is 5. The van der Waals surface area contributed by atoms with Crippen molar-refractivity contribution in [2.45, 2.75) is 108 Å². The maximum atomic E-state index is 13.7. The molecule has 2 aliphatic rings. The van der Waals surface area contributed by atoms with Gasteiger partial charge in [0.2, 0.25) is 17.6 Å². The Labute approximate surface area is 242 Å². The molecule has 0 aromatic carbocycles. The monoisotopic (exact) mass is 605 g/mol. The van der Waals surface area contributed by atoms with Crippen molar-refractivity contribution in [1.29, 1.82) is 0 Å². The summed E-state index contributed by atoms with van der Waals surface area (Å²) in [5.41, 5.74) is -0.124. The summed E-state index contributed by atoms with van der Waals surface area (Å²) in [5.74, 6) is -17.5. The van der Waals surface area contributed by atoms with Crippen molar-refractivity contribution in [2.75, 3.05) is 6.54 Å². The molecule has 17 heteroatoms. The second kappa shape index (κ2) is 11.0. The van der Waals surface area contributed by atoms with Crippen LogP contribution >= 0.6 is 0 Å². The third-order valence-electron chi connectivity index (χ3n) is 7.47. The Morgan fingerprint density at radius 1 is 0.881 bits per heavy atom. The number of nitrogens with one attached hydrogen (secondary N) is 3. The van der Waals surface area contributed by atoms with Crippen LogP contribution in [0.25, 0.3) is 0 Å². The molecule has 2 rings (SSSR count).